The number of aromatic nitrogens is 1. The maximum atomic E-state index is 4.61. The summed E-state index contributed by atoms with van der Waals surface area (Å²) < 4.78 is 0. The Labute approximate surface area is 122 Å². The maximum Gasteiger partial charge on any atom is 0.0544 e. The van der Waals surface area contributed by atoms with Crippen LogP contribution in [0.2, 0.25) is 0 Å². The van der Waals surface area contributed by atoms with Gasteiger partial charge in [0.2, 0.25) is 0 Å². The molecule has 2 fully saturated rings. The van der Waals surface area contributed by atoms with Crippen LogP contribution in [0.25, 0.3) is 0 Å². The van der Waals surface area contributed by atoms with Gasteiger partial charge in [-0.15, -0.1) is 0 Å². The molecule has 3 heterocycles. The fourth-order valence-corrected chi connectivity index (χ4v) is 3.61. The summed E-state index contributed by atoms with van der Waals surface area (Å²) in [6.45, 7) is 4.31. The highest BCUT2D eigenvalue weighted by Gasteiger charge is 2.34. The molecule has 0 amide bonds. The Bertz CT molecular complexity index is 431. The average Bonchev–Trinajstić information content (AvgIpc) is 2.69. The second kappa shape index (κ2) is 6.20. The SMILES string of the molecule is CNCc1ccc(CN2CCC3CCC(C2)N3C)nc1. The first kappa shape index (κ1) is 14.0. The topological polar surface area (TPSA) is 31.4 Å². The van der Waals surface area contributed by atoms with Crippen LogP contribution < -0.4 is 5.32 Å². The highest BCUT2D eigenvalue weighted by Crippen LogP contribution is 2.28. The molecule has 110 valence electrons. The van der Waals surface area contributed by atoms with Gasteiger partial charge < -0.3 is 5.32 Å². The minimum Gasteiger partial charge on any atom is -0.316 e. The first-order chi connectivity index (χ1) is 9.76. The number of likely N-dealkylation sites (N-methyl/N-ethyl adjacent to an activating group) is 1. The molecule has 2 unspecified atom stereocenters. The number of pyridine rings is 1. The van der Waals surface area contributed by atoms with Crippen LogP contribution in [0.4, 0.5) is 0 Å². The minimum atomic E-state index is 0.756. The molecule has 2 bridgehead atoms. The summed E-state index contributed by atoms with van der Waals surface area (Å²) in [6, 6.07) is 5.94. The molecule has 2 atom stereocenters. The largest absolute Gasteiger partial charge is 0.316 e. The predicted molar refractivity (Wildman–Crippen MR) is 81.5 cm³/mol. The average molecular weight is 274 g/mol. The van der Waals surface area contributed by atoms with Crippen LogP contribution >= 0.6 is 0 Å². The van der Waals surface area contributed by atoms with E-state index < -0.39 is 0 Å². The van der Waals surface area contributed by atoms with Crippen molar-refractivity contribution in [1.29, 1.82) is 0 Å². The van der Waals surface area contributed by atoms with Gasteiger partial charge in [-0.2, -0.15) is 0 Å². The van der Waals surface area contributed by atoms with Crippen LogP contribution in [0.3, 0.4) is 0 Å². The van der Waals surface area contributed by atoms with Crippen molar-refractivity contribution in [3.63, 3.8) is 0 Å². The predicted octanol–water partition coefficient (Wildman–Crippen LogP) is 1.47. The van der Waals surface area contributed by atoms with Crippen molar-refractivity contribution >= 4 is 0 Å². The van der Waals surface area contributed by atoms with Gasteiger partial charge in [-0.1, -0.05) is 6.07 Å². The van der Waals surface area contributed by atoms with Gasteiger partial charge in [0.05, 0.1) is 5.69 Å². The van der Waals surface area contributed by atoms with Crippen molar-refractivity contribution in [2.45, 2.75) is 44.4 Å². The number of hydrogen-bond acceptors (Lipinski definition) is 4. The Morgan fingerprint density at radius 2 is 2.10 bits per heavy atom. The molecule has 0 radical (unpaired) electrons. The molecule has 4 heteroatoms. The molecule has 2 aliphatic rings. The lowest BCUT2D eigenvalue weighted by atomic mass is 10.1. The fourth-order valence-electron chi connectivity index (χ4n) is 3.61. The smallest absolute Gasteiger partial charge is 0.0544 e. The van der Waals surface area contributed by atoms with Gasteiger partial charge in [0, 0.05) is 44.5 Å². The van der Waals surface area contributed by atoms with E-state index in [4.69, 9.17) is 0 Å². The van der Waals surface area contributed by atoms with Crippen LogP contribution in [0.1, 0.15) is 30.5 Å². The molecule has 1 aromatic rings. The summed E-state index contributed by atoms with van der Waals surface area (Å²) in [6.07, 6.45) is 6.07. The fraction of sp³-hybridized carbons (Fsp3) is 0.688. The van der Waals surface area contributed by atoms with Gasteiger partial charge in [0.25, 0.3) is 0 Å². The third-order valence-corrected chi connectivity index (χ3v) is 4.89. The number of fused-ring (bicyclic) bond motifs is 2. The molecular formula is C16H26N4. The van der Waals surface area contributed by atoms with E-state index in [1.165, 1.54) is 43.6 Å². The number of likely N-dealkylation sites (tertiary alicyclic amines) is 1. The highest BCUT2D eigenvalue weighted by atomic mass is 15.3. The molecule has 0 aromatic carbocycles. The number of rotatable bonds is 4. The van der Waals surface area contributed by atoms with E-state index in [1.54, 1.807) is 0 Å². The number of nitrogens with one attached hydrogen (secondary N) is 1. The van der Waals surface area contributed by atoms with E-state index in [1.807, 2.05) is 13.2 Å². The summed E-state index contributed by atoms with van der Waals surface area (Å²) in [5.41, 5.74) is 2.45. The monoisotopic (exact) mass is 274 g/mol. The molecule has 0 saturated carbocycles. The van der Waals surface area contributed by atoms with Crippen LogP contribution in [0, 0.1) is 0 Å². The lowest BCUT2D eigenvalue weighted by molar-refractivity contribution is 0.213. The number of nitrogens with zero attached hydrogens (tertiary/aromatic N) is 3. The molecular weight excluding hydrogens is 248 g/mol. The van der Waals surface area contributed by atoms with Crippen molar-refractivity contribution in [1.82, 2.24) is 20.1 Å². The minimum absolute atomic E-state index is 0.756. The van der Waals surface area contributed by atoms with E-state index in [9.17, 15) is 0 Å². The number of hydrogen-bond donors (Lipinski definition) is 1. The molecule has 4 nitrogen and oxygen atoms in total. The Kier molecular flexibility index (Phi) is 4.34. The molecule has 20 heavy (non-hydrogen) atoms. The molecule has 1 aromatic heterocycles. The van der Waals surface area contributed by atoms with Crippen molar-refractivity contribution in [3.8, 4) is 0 Å². The summed E-state index contributed by atoms with van der Waals surface area (Å²) in [4.78, 5) is 9.79. The molecule has 1 N–H and O–H groups in total. The van der Waals surface area contributed by atoms with Crippen LogP contribution in [0.15, 0.2) is 18.3 Å². The molecule has 2 saturated heterocycles. The zero-order valence-corrected chi connectivity index (χ0v) is 12.7. The Hall–Kier alpha value is -0.970. The summed E-state index contributed by atoms with van der Waals surface area (Å²) in [5, 5.41) is 3.16. The quantitative estimate of drug-likeness (QED) is 0.901. The lowest BCUT2D eigenvalue weighted by Crippen LogP contribution is -2.36. The van der Waals surface area contributed by atoms with Crippen LogP contribution in [0.5, 0.6) is 0 Å². The maximum absolute atomic E-state index is 4.61. The van der Waals surface area contributed by atoms with E-state index in [0.717, 1.165) is 25.2 Å². The molecule has 2 aliphatic heterocycles. The van der Waals surface area contributed by atoms with Crippen molar-refractivity contribution in [2.24, 2.45) is 0 Å². The zero-order chi connectivity index (χ0) is 13.9. The third-order valence-electron chi connectivity index (χ3n) is 4.89. The van der Waals surface area contributed by atoms with Gasteiger partial charge in [-0.25, -0.2) is 0 Å². The standard InChI is InChI=1S/C16H26N4/c1-17-9-13-3-4-14(18-10-13)11-20-8-7-15-5-6-16(12-20)19(15)2/h3-4,10,15-17H,5-9,11-12H2,1-2H3. The van der Waals surface area contributed by atoms with Gasteiger partial charge in [-0.05, 0) is 45.0 Å². The Morgan fingerprint density at radius 1 is 1.25 bits per heavy atom. The van der Waals surface area contributed by atoms with Gasteiger partial charge >= 0.3 is 0 Å². The van der Waals surface area contributed by atoms with Crippen molar-refractivity contribution < 1.29 is 0 Å². The van der Waals surface area contributed by atoms with Crippen molar-refractivity contribution in [2.75, 3.05) is 27.2 Å². The van der Waals surface area contributed by atoms with Gasteiger partial charge in [0.15, 0.2) is 0 Å². The second-order valence-corrected chi connectivity index (χ2v) is 6.26. The molecule has 0 aliphatic carbocycles. The summed E-state index contributed by atoms with van der Waals surface area (Å²) in [5.74, 6) is 0. The first-order valence-electron chi connectivity index (χ1n) is 7.79. The normalized spacial score (nSPS) is 27.7. The Balaban J connectivity index is 1.60. The van der Waals surface area contributed by atoms with E-state index in [0.29, 0.717) is 0 Å². The van der Waals surface area contributed by atoms with E-state index >= 15 is 0 Å². The van der Waals surface area contributed by atoms with Crippen LogP contribution in [-0.2, 0) is 13.1 Å². The molecule has 3 rings (SSSR count). The molecule has 0 spiro atoms. The Morgan fingerprint density at radius 3 is 2.85 bits per heavy atom. The van der Waals surface area contributed by atoms with Gasteiger partial charge in [0.1, 0.15) is 0 Å². The highest BCUT2D eigenvalue weighted by molar-refractivity contribution is 5.14. The summed E-state index contributed by atoms with van der Waals surface area (Å²) in [7, 11) is 4.27. The van der Waals surface area contributed by atoms with E-state index in [2.05, 4.69) is 39.3 Å². The van der Waals surface area contributed by atoms with Crippen molar-refractivity contribution in [3.05, 3.63) is 29.6 Å². The third kappa shape index (κ3) is 3.03. The first-order valence-corrected chi connectivity index (χ1v) is 7.79. The van der Waals surface area contributed by atoms with Gasteiger partial charge in [-0.3, -0.25) is 14.8 Å². The second-order valence-electron chi connectivity index (χ2n) is 6.26. The summed E-state index contributed by atoms with van der Waals surface area (Å²) >= 11 is 0. The van der Waals surface area contributed by atoms with E-state index in [-0.39, 0.29) is 0 Å². The van der Waals surface area contributed by atoms with Crippen LogP contribution in [-0.4, -0.2) is 54.1 Å². The lowest BCUT2D eigenvalue weighted by Gasteiger charge is -2.25. The zero-order valence-electron chi connectivity index (χ0n) is 12.7.